The first-order valence-corrected chi connectivity index (χ1v) is 4.39. The molecular formula is C8H7BClNO3. The molecule has 0 fully saturated rings. The van der Waals surface area contributed by atoms with E-state index in [9.17, 15) is 9.82 Å². The largest absolute Gasteiger partial charge is 0.491 e. The predicted octanol–water partition coefficient (Wildman–Crippen LogP) is -0.343. The third-order valence-corrected chi connectivity index (χ3v) is 2.47. The minimum Gasteiger partial charge on any atom is -0.423 e. The SMILES string of the molecule is NC(=O)c1cc2c(cc1Cl)COB2O. The molecule has 0 saturated heterocycles. The first-order chi connectivity index (χ1) is 6.59. The number of hydrogen-bond acceptors (Lipinski definition) is 3. The summed E-state index contributed by atoms with van der Waals surface area (Å²) < 4.78 is 4.96. The molecule has 0 atom stereocenters. The number of hydrogen-bond donors (Lipinski definition) is 2. The van der Waals surface area contributed by atoms with Crippen molar-refractivity contribution in [3.8, 4) is 0 Å². The van der Waals surface area contributed by atoms with Crippen LogP contribution in [-0.2, 0) is 11.3 Å². The first kappa shape index (κ1) is 9.52. The lowest BCUT2D eigenvalue weighted by molar-refractivity contribution is 0.100. The normalized spacial score (nSPS) is 14.3. The van der Waals surface area contributed by atoms with Crippen LogP contribution in [0.15, 0.2) is 12.1 Å². The molecule has 3 N–H and O–H groups in total. The van der Waals surface area contributed by atoms with Crippen molar-refractivity contribution in [2.75, 3.05) is 0 Å². The minimum absolute atomic E-state index is 0.204. The van der Waals surface area contributed by atoms with Crippen molar-refractivity contribution in [1.82, 2.24) is 0 Å². The highest BCUT2D eigenvalue weighted by Crippen LogP contribution is 2.20. The lowest BCUT2D eigenvalue weighted by Gasteiger charge is -2.03. The summed E-state index contributed by atoms with van der Waals surface area (Å²) in [6.45, 7) is 0.301. The molecule has 0 bridgehead atoms. The van der Waals surface area contributed by atoms with Crippen molar-refractivity contribution in [3.63, 3.8) is 0 Å². The summed E-state index contributed by atoms with van der Waals surface area (Å²) in [5.74, 6) is -0.614. The number of carbonyl (C=O) groups is 1. The van der Waals surface area contributed by atoms with Gasteiger partial charge in [-0.3, -0.25) is 4.79 Å². The molecule has 4 nitrogen and oxygen atoms in total. The molecular weight excluding hydrogens is 204 g/mol. The third kappa shape index (κ3) is 1.39. The average Bonchev–Trinajstić information content (AvgIpc) is 2.46. The van der Waals surface area contributed by atoms with Gasteiger partial charge in [-0.1, -0.05) is 11.6 Å². The topological polar surface area (TPSA) is 72.6 Å². The van der Waals surface area contributed by atoms with Gasteiger partial charge < -0.3 is 15.4 Å². The Hall–Kier alpha value is -1.04. The Labute approximate surface area is 85.8 Å². The van der Waals surface area contributed by atoms with Crippen LogP contribution in [0.25, 0.3) is 0 Å². The Bertz CT molecular complexity index is 410. The van der Waals surface area contributed by atoms with Gasteiger partial charge in [-0.05, 0) is 23.2 Å². The van der Waals surface area contributed by atoms with Crippen LogP contribution in [0.5, 0.6) is 0 Å². The molecule has 0 aromatic heterocycles. The minimum atomic E-state index is -0.986. The summed E-state index contributed by atoms with van der Waals surface area (Å²) in [6.07, 6.45) is 0. The molecule has 0 saturated carbocycles. The molecule has 0 radical (unpaired) electrons. The molecule has 2 rings (SSSR count). The summed E-state index contributed by atoms with van der Waals surface area (Å²) in [5, 5.41) is 9.65. The van der Waals surface area contributed by atoms with Gasteiger partial charge in [0.1, 0.15) is 0 Å². The van der Waals surface area contributed by atoms with Gasteiger partial charge in [0.25, 0.3) is 0 Å². The predicted molar refractivity (Wildman–Crippen MR) is 52.4 cm³/mol. The molecule has 0 spiro atoms. The maximum Gasteiger partial charge on any atom is 0.491 e. The van der Waals surface area contributed by atoms with Crippen LogP contribution in [0.2, 0.25) is 5.02 Å². The highest BCUT2D eigenvalue weighted by Gasteiger charge is 2.29. The van der Waals surface area contributed by atoms with Crippen LogP contribution < -0.4 is 11.2 Å². The standard InChI is InChI=1S/C8H7BClNO3/c10-7-1-4-3-14-9(13)6(4)2-5(7)8(11)12/h1-2,13H,3H2,(H2,11,12). The van der Waals surface area contributed by atoms with Crippen LogP contribution >= 0.6 is 11.6 Å². The molecule has 1 aromatic rings. The second-order valence-corrected chi connectivity index (χ2v) is 3.47. The van der Waals surface area contributed by atoms with Crippen LogP contribution in [-0.4, -0.2) is 18.0 Å². The number of carbonyl (C=O) groups excluding carboxylic acids is 1. The van der Waals surface area contributed by atoms with Crippen molar-refractivity contribution in [1.29, 1.82) is 0 Å². The van der Waals surface area contributed by atoms with E-state index in [0.29, 0.717) is 12.1 Å². The zero-order chi connectivity index (χ0) is 10.3. The van der Waals surface area contributed by atoms with Crippen molar-refractivity contribution in [2.24, 2.45) is 5.73 Å². The Morgan fingerprint density at radius 1 is 1.64 bits per heavy atom. The van der Waals surface area contributed by atoms with Crippen LogP contribution in [0.4, 0.5) is 0 Å². The summed E-state index contributed by atoms with van der Waals surface area (Å²) >= 11 is 5.81. The van der Waals surface area contributed by atoms with Crippen molar-refractivity contribution < 1.29 is 14.5 Å². The zero-order valence-electron chi connectivity index (χ0n) is 7.16. The highest BCUT2D eigenvalue weighted by molar-refractivity contribution is 6.61. The quantitative estimate of drug-likeness (QED) is 0.624. The number of fused-ring (bicyclic) bond motifs is 1. The van der Waals surface area contributed by atoms with E-state index < -0.39 is 13.0 Å². The Kier molecular flexibility index (Phi) is 2.22. The Balaban J connectivity index is 2.57. The first-order valence-electron chi connectivity index (χ1n) is 4.01. The van der Waals surface area contributed by atoms with Gasteiger partial charge in [-0.2, -0.15) is 0 Å². The van der Waals surface area contributed by atoms with Crippen molar-refractivity contribution in [2.45, 2.75) is 6.61 Å². The van der Waals surface area contributed by atoms with Crippen LogP contribution in [0.3, 0.4) is 0 Å². The van der Waals surface area contributed by atoms with Gasteiger partial charge in [0.2, 0.25) is 5.91 Å². The van der Waals surface area contributed by atoms with Crippen LogP contribution in [0.1, 0.15) is 15.9 Å². The van der Waals surface area contributed by atoms with E-state index in [1.165, 1.54) is 6.07 Å². The molecule has 0 unspecified atom stereocenters. The molecule has 1 aliphatic heterocycles. The highest BCUT2D eigenvalue weighted by atomic mass is 35.5. The van der Waals surface area contributed by atoms with E-state index >= 15 is 0 Å². The number of rotatable bonds is 1. The summed E-state index contributed by atoms with van der Waals surface area (Å²) in [7, 11) is -0.986. The second-order valence-electron chi connectivity index (χ2n) is 3.06. The van der Waals surface area contributed by atoms with Gasteiger partial charge in [0, 0.05) is 0 Å². The fourth-order valence-corrected chi connectivity index (χ4v) is 1.71. The molecule has 14 heavy (non-hydrogen) atoms. The van der Waals surface area contributed by atoms with E-state index in [2.05, 4.69) is 0 Å². The van der Waals surface area contributed by atoms with Gasteiger partial charge in [0.05, 0.1) is 17.2 Å². The third-order valence-electron chi connectivity index (χ3n) is 2.16. The van der Waals surface area contributed by atoms with Crippen molar-refractivity contribution >= 4 is 30.1 Å². The monoisotopic (exact) mass is 211 g/mol. The molecule has 1 aliphatic rings. The smallest absolute Gasteiger partial charge is 0.423 e. The molecule has 1 amide bonds. The lowest BCUT2D eigenvalue weighted by Crippen LogP contribution is -2.29. The molecule has 1 aromatic carbocycles. The molecule has 6 heteroatoms. The molecule has 0 aliphatic carbocycles. The van der Waals surface area contributed by atoms with E-state index in [1.54, 1.807) is 6.07 Å². The van der Waals surface area contributed by atoms with Gasteiger partial charge in [-0.15, -0.1) is 0 Å². The number of halogens is 1. The Morgan fingerprint density at radius 3 is 3.00 bits per heavy atom. The average molecular weight is 211 g/mol. The van der Waals surface area contributed by atoms with Gasteiger partial charge in [-0.25, -0.2) is 0 Å². The van der Waals surface area contributed by atoms with Crippen molar-refractivity contribution in [3.05, 3.63) is 28.3 Å². The van der Waals surface area contributed by atoms with E-state index in [4.69, 9.17) is 22.0 Å². The Morgan fingerprint density at radius 2 is 2.36 bits per heavy atom. The molecule has 72 valence electrons. The maximum absolute atomic E-state index is 10.9. The number of benzene rings is 1. The summed E-state index contributed by atoms with van der Waals surface area (Å²) in [5.41, 5.74) is 6.66. The second kappa shape index (κ2) is 3.27. The van der Waals surface area contributed by atoms with Gasteiger partial charge in [0.15, 0.2) is 0 Å². The number of primary amides is 1. The van der Waals surface area contributed by atoms with E-state index in [1.807, 2.05) is 0 Å². The summed E-state index contributed by atoms with van der Waals surface area (Å²) in [6, 6.07) is 3.06. The fourth-order valence-electron chi connectivity index (χ4n) is 1.43. The number of nitrogens with two attached hydrogens (primary N) is 1. The fraction of sp³-hybridized carbons (Fsp3) is 0.125. The lowest BCUT2D eigenvalue weighted by atomic mass is 9.79. The maximum atomic E-state index is 10.9. The number of amides is 1. The van der Waals surface area contributed by atoms with E-state index in [0.717, 1.165) is 5.56 Å². The molecule has 1 heterocycles. The zero-order valence-corrected chi connectivity index (χ0v) is 7.91. The van der Waals surface area contributed by atoms with Crippen LogP contribution in [0, 0.1) is 0 Å². The van der Waals surface area contributed by atoms with E-state index in [-0.39, 0.29) is 10.6 Å². The summed E-state index contributed by atoms with van der Waals surface area (Å²) in [4.78, 5) is 10.9. The van der Waals surface area contributed by atoms with Gasteiger partial charge >= 0.3 is 7.12 Å².